The number of rotatable bonds is 0. The molecule has 0 heterocycles. The molecule has 0 aliphatic heterocycles. The van der Waals surface area contributed by atoms with E-state index >= 15 is 0 Å². The summed E-state index contributed by atoms with van der Waals surface area (Å²) in [4.78, 5) is 0. The minimum absolute atomic E-state index is 0. The zero-order chi connectivity index (χ0) is 6.55. The van der Waals surface area contributed by atoms with Crippen molar-refractivity contribution in [3.63, 3.8) is 0 Å². The Labute approximate surface area is 98.8 Å². The number of hydrogen-bond acceptors (Lipinski definition) is 0. The average Bonchev–Trinajstić information content (AvgIpc) is 1.82. The maximum Gasteiger partial charge on any atom is 0 e. The number of hydrogen-bond donors (Lipinski definition) is 0. The normalized spacial score (nSPS) is 48.0. The second-order valence-electron chi connectivity index (χ2n) is 4.88. The summed E-state index contributed by atoms with van der Waals surface area (Å²) < 4.78 is 0. The molecule has 4 rings (SSSR count). The molecule has 61 valence electrons. The smallest absolute Gasteiger partial charge is 0 e. The third-order valence-corrected chi connectivity index (χ3v) is 4.00. The molecule has 4 bridgehead atoms. The fourth-order valence-electron chi connectivity index (χ4n) is 3.98. The fourth-order valence-corrected chi connectivity index (χ4v) is 3.98. The molecule has 5 radical (unpaired) electrons. The van der Waals surface area contributed by atoms with Gasteiger partial charge in [-0.3, -0.25) is 0 Å². The minimum Gasteiger partial charge on any atom is -0.0475 e. The molecule has 4 aliphatic rings. The quantitative estimate of drug-likeness (QED) is 0.491. The molecular weight excluding hydrogens is 155 g/mol. The van der Waals surface area contributed by atoms with Gasteiger partial charge in [-0.2, -0.15) is 0 Å². The van der Waals surface area contributed by atoms with E-state index in [0.717, 1.165) is 0 Å². The molecule has 0 amide bonds. The van der Waals surface area contributed by atoms with Crippen molar-refractivity contribution in [1.82, 2.24) is 0 Å². The summed E-state index contributed by atoms with van der Waals surface area (Å²) in [5, 5.41) is 0. The first-order chi connectivity index (χ1) is 4.90. The third-order valence-electron chi connectivity index (χ3n) is 4.00. The molecular formula is C11H16Na. The van der Waals surface area contributed by atoms with Crippen LogP contribution in [0.2, 0.25) is 0 Å². The predicted molar refractivity (Wildman–Crippen MR) is 50.7 cm³/mol. The van der Waals surface area contributed by atoms with Crippen LogP contribution in [0.25, 0.3) is 0 Å². The summed E-state index contributed by atoms with van der Waals surface area (Å²) >= 11 is 0. The Kier molecular flexibility index (Phi) is 3.71. The maximum absolute atomic E-state index is 1.60. The predicted octanol–water partition coefficient (Wildman–Crippen LogP) is 2.53. The molecule has 12 heavy (non-hydrogen) atoms. The van der Waals surface area contributed by atoms with Crippen LogP contribution in [0.5, 0.6) is 0 Å². The second kappa shape index (κ2) is 4.02. The molecule has 0 unspecified atom stereocenters. The van der Waals surface area contributed by atoms with Crippen LogP contribution in [-0.4, -0.2) is 29.6 Å². The van der Waals surface area contributed by atoms with Gasteiger partial charge in [-0.25, -0.2) is 0 Å². The first-order valence-electron chi connectivity index (χ1n) is 4.90. The molecule has 0 saturated heterocycles. The van der Waals surface area contributed by atoms with Gasteiger partial charge in [0.1, 0.15) is 0 Å². The molecule has 0 aromatic carbocycles. The largest absolute Gasteiger partial charge is 0.0475 e. The SMILES string of the molecule is C1C2CC3CC1CC(C2)C3.[C].[Na]. The van der Waals surface area contributed by atoms with Crippen molar-refractivity contribution in [2.75, 3.05) is 0 Å². The molecule has 0 N–H and O–H groups in total. The van der Waals surface area contributed by atoms with Crippen LogP contribution in [0.3, 0.4) is 0 Å². The summed E-state index contributed by atoms with van der Waals surface area (Å²) in [6.07, 6.45) is 9.62. The Balaban J connectivity index is 0.000000360. The van der Waals surface area contributed by atoms with E-state index in [1.807, 2.05) is 0 Å². The topological polar surface area (TPSA) is 0 Å². The summed E-state index contributed by atoms with van der Waals surface area (Å²) in [5.41, 5.74) is 0. The maximum atomic E-state index is 1.60. The standard InChI is InChI=1S/C10H16.C.Na/c1-7-2-9-4-8(1)5-10(3-7)6-9;;/h7-10H,1-6H2;;. The zero-order valence-corrected chi connectivity index (χ0v) is 10.1. The van der Waals surface area contributed by atoms with Gasteiger partial charge in [0.25, 0.3) is 0 Å². The van der Waals surface area contributed by atoms with E-state index in [1.54, 1.807) is 38.5 Å². The van der Waals surface area contributed by atoms with Gasteiger partial charge in [0, 0.05) is 37.0 Å². The Hall–Kier alpha value is 1.00. The molecule has 4 fully saturated rings. The van der Waals surface area contributed by atoms with Crippen molar-refractivity contribution in [2.45, 2.75) is 38.5 Å². The molecule has 0 aromatic heterocycles. The first kappa shape index (κ1) is 11.1. The van der Waals surface area contributed by atoms with Crippen molar-refractivity contribution in [3.05, 3.63) is 7.43 Å². The summed E-state index contributed by atoms with van der Waals surface area (Å²) in [7, 11) is 0. The van der Waals surface area contributed by atoms with E-state index in [2.05, 4.69) is 0 Å². The van der Waals surface area contributed by atoms with Gasteiger partial charge >= 0.3 is 0 Å². The Morgan fingerprint density at radius 2 is 0.667 bits per heavy atom. The monoisotopic (exact) mass is 171 g/mol. The van der Waals surface area contributed by atoms with Crippen LogP contribution in [-0.2, 0) is 0 Å². The van der Waals surface area contributed by atoms with E-state index in [1.165, 1.54) is 23.7 Å². The van der Waals surface area contributed by atoms with Crippen molar-refractivity contribution in [2.24, 2.45) is 23.7 Å². The van der Waals surface area contributed by atoms with Gasteiger partial charge in [-0.15, -0.1) is 0 Å². The van der Waals surface area contributed by atoms with Crippen LogP contribution >= 0.6 is 0 Å². The van der Waals surface area contributed by atoms with E-state index in [9.17, 15) is 0 Å². The molecule has 0 aromatic rings. The van der Waals surface area contributed by atoms with E-state index in [0.29, 0.717) is 0 Å². The molecule has 0 nitrogen and oxygen atoms in total. The van der Waals surface area contributed by atoms with Gasteiger partial charge < -0.3 is 0 Å². The third kappa shape index (κ3) is 1.76. The Morgan fingerprint density at radius 3 is 0.833 bits per heavy atom. The fraction of sp³-hybridized carbons (Fsp3) is 0.909. The zero-order valence-electron chi connectivity index (χ0n) is 8.05. The van der Waals surface area contributed by atoms with Crippen LogP contribution in [0.1, 0.15) is 38.5 Å². The first-order valence-corrected chi connectivity index (χ1v) is 4.90. The molecule has 4 aliphatic carbocycles. The van der Waals surface area contributed by atoms with Crippen LogP contribution in [0, 0.1) is 31.1 Å². The van der Waals surface area contributed by atoms with Gasteiger partial charge in [0.15, 0.2) is 0 Å². The summed E-state index contributed by atoms with van der Waals surface area (Å²) in [6.45, 7) is 0. The molecule has 1 heteroatoms. The minimum atomic E-state index is 0. The molecule has 0 spiro atoms. The van der Waals surface area contributed by atoms with E-state index in [-0.39, 0.29) is 37.0 Å². The molecule has 4 saturated carbocycles. The van der Waals surface area contributed by atoms with Crippen molar-refractivity contribution >= 4 is 29.6 Å². The second-order valence-corrected chi connectivity index (χ2v) is 4.88. The van der Waals surface area contributed by atoms with Gasteiger partial charge in [-0.1, -0.05) is 0 Å². The van der Waals surface area contributed by atoms with Gasteiger partial charge in [0.05, 0.1) is 0 Å². The summed E-state index contributed by atoms with van der Waals surface area (Å²) in [6, 6.07) is 0. The Morgan fingerprint density at radius 1 is 0.500 bits per heavy atom. The average molecular weight is 171 g/mol. The van der Waals surface area contributed by atoms with Crippen molar-refractivity contribution < 1.29 is 0 Å². The van der Waals surface area contributed by atoms with Gasteiger partial charge in [-0.05, 0) is 62.2 Å². The van der Waals surface area contributed by atoms with Crippen LogP contribution in [0.4, 0.5) is 0 Å². The Bertz CT molecular complexity index is 96.6. The van der Waals surface area contributed by atoms with E-state index < -0.39 is 0 Å². The van der Waals surface area contributed by atoms with Crippen LogP contribution in [0.15, 0.2) is 0 Å². The molecule has 0 atom stereocenters. The van der Waals surface area contributed by atoms with Gasteiger partial charge in [0.2, 0.25) is 0 Å². The summed E-state index contributed by atoms with van der Waals surface area (Å²) in [5.74, 6) is 4.71. The van der Waals surface area contributed by atoms with Crippen LogP contribution < -0.4 is 0 Å². The van der Waals surface area contributed by atoms with Crippen molar-refractivity contribution in [3.8, 4) is 0 Å². The van der Waals surface area contributed by atoms with E-state index in [4.69, 9.17) is 0 Å². The van der Waals surface area contributed by atoms with Crippen molar-refractivity contribution in [1.29, 1.82) is 0 Å².